The first kappa shape index (κ1) is 18.7. The summed E-state index contributed by atoms with van der Waals surface area (Å²) < 4.78 is 0. The molecule has 1 aliphatic rings. The molecule has 1 aromatic carbocycles. The molecule has 2 amide bonds. The lowest BCUT2D eigenvalue weighted by molar-refractivity contribution is 0.0522. The highest BCUT2D eigenvalue weighted by Gasteiger charge is 2.24. The normalized spacial score (nSPS) is 16.9. The predicted molar refractivity (Wildman–Crippen MR) is 96.9 cm³/mol. The van der Waals surface area contributed by atoms with Crippen LogP contribution in [0.4, 0.5) is 4.79 Å². The summed E-state index contributed by atoms with van der Waals surface area (Å²) in [6, 6.07) is 8.62. The van der Waals surface area contributed by atoms with Gasteiger partial charge in [-0.15, -0.1) is 0 Å². The van der Waals surface area contributed by atoms with Crippen LogP contribution in [0.5, 0.6) is 0 Å². The Hall–Kier alpha value is -1.59. The van der Waals surface area contributed by atoms with Crippen LogP contribution in [0.1, 0.15) is 37.8 Å². The molecule has 0 atom stereocenters. The minimum Gasteiger partial charge on any atom is -0.389 e. The summed E-state index contributed by atoms with van der Waals surface area (Å²) in [6.45, 7) is 8.86. The van der Waals surface area contributed by atoms with Crippen LogP contribution in [0.25, 0.3) is 0 Å². The summed E-state index contributed by atoms with van der Waals surface area (Å²) >= 11 is 0. The number of likely N-dealkylation sites (tertiary alicyclic amines) is 1. The van der Waals surface area contributed by atoms with Gasteiger partial charge in [0.1, 0.15) is 0 Å². The zero-order valence-corrected chi connectivity index (χ0v) is 15.4. The molecule has 1 saturated heterocycles. The molecule has 5 nitrogen and oxygen atoms in total. The van der Waals surface area contributed by atoms with Gasteiger partial charge < -0.3 is 15.3 Å². The van der Waals surface area contributed by atoms with Crippen molar-refractivity contribution in [2.75, 3.05) is 26.7 Å². The first-order chi connectivity index (χ1) is 11.2. The van der Waals surface area contributed by atoms with Gasteiger partial charge in [0.05, 0.1) is 12.1 Å². The topological polar surface area (TPSA) is 55.8 Å². The predicted octanol–water partition coefficient (Wildman–Crippen LogP) is 2.37. The molecule has 0 radical (unpaired) electrons. The van der Waals surface area contributed by atoms with E-state index in [1.165, 1.54) is 11.1 Å². The molecule has 1 heterocycles. The Balaban J connectivity index is 1.76. The quantitative estimate of drug-likeness (QED) is 0.870. The number of amides is 2. The van der Waals surface area contributed by atoms with Crippen molar-refractivity contribution in [3.63, 3.8) is 0 Å². The van der Waals surface area contributed by atoms with Gasteiger partial charge in [-0.05, 0) is 44.7 Å². The second kappa shape index (κ2) is 7.99. The van der Waals surface area contributed by atoms with E-state index in [1.807, 2.05) is 0 Å². The van der Waals surface area contributed by atoms with Crippen LogP contribution >= 0.6 is 0 Å². The Labute approximate surface area is 145 Å². The fraction of sp³-hybridized carbons (Fsp3) is 0.632. The average Bonchev–Trinajstić information content (AvgIpc) is 2.50. The smallest absolute Gasteiger partial charge is 0.317 e. The molecular weight excluding hydrogens is 302 g/mol. The molecule has 1 fully saturated rings. The third-order valence-electron chi connectivity index (χ3n) is 4.54. The number of nitrogens with zero attached hydrogens (tertiary/aromatic N) is 2. The molecule has 0 unspecified atom stereocenters. The van der Waals surface area contributed by atoms with E-state index in [9.17, 15) is 9.90 Å². The number of likely N-dealkylation sites (N-methyl/N-ethyl adjacent to an activating group) is 1. The highest BCUT2D eigenvalue weighted by molar-refractivity contribution is 5.74. The van der Waals surface area contributed by atoms with Crippen LogP contribution in [0.2, 0.25) is 0 Å². The number of aliphatic hydroxyl groups is 1. The molecule has 0 saturated carbocycles. The number of urea groups is 1. The largest absolute Gasteiger partial charge is 0.389 e. The molecule has 24 heavy (non-hydrogen) atoms. The number of aryl methyl sites for hydroxylation is 1. The number of piperidine rings is 1. The van der Waals surface area contributed by atoms with Crippen LogP contribution in [0, 0.1) is 6.92 Å². The lowest BCUT2D eigenvalue weighted by Gasteiger charge is -2.34. The molecule has 0 spiro atoms. The van der Waals surface area contributed by atoms with E-state index >= 15 is 0 Å². The standard InChI is InChI=1S/C19H31N3O2/c1-15-7-5-6-8-16(15)13-22-11-9-17(10-12-22)20-18(23)21(4)14-19(2,3)24/h5-8,17,24H,9-14H2,1-4H3,(H,20,23). The van der Waals surface area contributed by atoms with E-state index in [0.29, 0.717) is 6.54 Å². The van der Waals surface area contributed by atoms with Crippen LogP contribution in [0.3, 0.4) is 0 Å². The molecule has 1 aromatic rings. The Morgan fingerprint density at radius 2 is 1.96 bits per heavy atom. The molecule has 2 rings (SSSR count). The Bertz CT molecular complexity index is 546. The van der Waals surface area contributed by atoms with E-state index in [4.69, 9.17) is 0 Å². The summed E-state index contributed by atoms with van der Waals surface area (Å²) in [5, 5.41) is 12.9. The van der Waals surface area contributed by atoms with E-state index in [1.54, 1.807) is 25.8 Å². The zero-order valence-electron chi connectivity index (χ0n) is 15.4. The second-order valence-electron chi connectivity index (χ2n) is 7.59. The van der Waals surface area contributed by atoms with Gasteiger partial charge >= 0.3 is 6.03 Å². The highest BCUT2D eigenvalue weighted by Crippen LogP contribution is 2.16. The maximum absolute atomic E-state index is 12.2. The number of hydrogen-bond acceptors (Lipinski definition) is 3. The number of nitrogens with one attached hydrogen (secondary N) is 1. The summed E-state index contributed by atoms with van der Waals surface area (Å²) in [6.07, 6.45) is 1.93. The Morgan fingerprint density at radius 3 is 2.54 bits per heavy atom. The van der Waals surface area contributed by atoms with Crippen molar-refractivity contribution in [2.45, 2.75) is 51.8 Å². The van der Waals surface area contributed by atoms with Crippen molar-refractivity contribution in [1.82, 2.24) is 15.1 Å². The van der Waals surface area contributed by atoms with Crippen LogP contribution in [0.15, 0.2) is 24.3 Å². The average molecular weight is 333 g/mol. The van der Waals surface area contributed by atoms with Gasteiger partial charge in [-0.2, -0.15) is 0 Å². The van der Waals surface area contributed by atoms with Crippen molar-refractivity contribution in [3.05, 3.63) is 35.4 Å². The van der Waals surface area contributed by atoms with Crippen molar-refractivity contribution in [2.24, 2.45) is 0 Å². The van der Waals surface area contributed by atoms with Gasteiger partial charge in [-0.1, -0.05) is 24.3 Å². The number of carbonyl (C=O) groups excluding carboxylic acids is 1. The molecule has 5 heteroatoms. The van der Waals surface area contributed by atoms with Crippen molar-refractivity contribution in [3.8, 4) is 0 Å². The number of benzene rings is 1. The van der Waals surface area contributed by atoms with Crippen molar-refractivity contribution in [1.29, 1.82) is 0 Å². The molecule has 0 aliphatic carbocycles. The number of rotatable bonds is 5. The fourth-order valence-corrected chi connectivity index (χ4v) is 3.20. The van der Waals surface area contributed by atoms with Crippen LogP contribution in [-0.4, -0.2) is 59.3 Å². The first-order valence-electron chi connectivity index (χ1n) is 8.75. The first-order valence-corrected chi connectivity index (χ1v) is 8.75. The lowest BCUT2D eigenvalue weighted by Crippen LogP contribution is -2.50. The van der Waals surface area contributed by atoms with E-state index in [2.05, 4.69) is 41.4 Å². The second-order valence-corrected chi connectivity index (χ2v) is 7.59. The van der Waals surface area contributed by atoms with E-state index in [-0.39, 0.29) is 12.1 Å². The van der Waals surface area contributed by atoms with Crippen molar-refractivity contribution < 1.29 is 9.90 Å². The zero-order chi connectivity index (χ0) is 17.7. The molecule has 134 valence electrons. The Morgan fingerprint density at radius 1 is 1.33 bits per heavy atom. The molecule has 2 N–H and O–H groups in total. The third kappa shape index (κ3) is 5.80. The molecular formula is C19H31N3O2. The van der Waals surface area contributed by atoms with Gasteiger partial charge in [-0.25, -0.2) is 4.79 Å². The summed E-state index contributed by atoms with van der Waals surface area (Å²) in [5.74, 6) is 0. The summed E-state index contributed by atoms with van der Waals surface area (Å²) in [5.41, 5.74) is 1.84. The summed E-state index contributed by atoms with van der Waals surface area (Å²) in [4.78, 5) is 16.2. The van der Waals surface area contributed by atoms with Crippen LogP contribution in [-0.2, 0) is 6.54 Å². The van der Waals surface area contributed by atoms with Gasteiger partial charge in [0.25, 0.3) is 0 Å². The minimum absolute atomic E-state index is 0.102. The van der Waals surface area contributed by atoms with Gasteiger partial charge in [-0.3, -0.25) is 4.90 Å². The van der Waals surface area contributed by atoms with E-state index < -0.39 is 5.60 Å². The minimum atomic E-state index is -0.872. The fourth-order valence-electron chi connectivity index (χ4n) is 3.20. The summed E-state index contributed by atoms with van der Waals surface area (Å²) in [7, 11) is 1.72. The van der Waals surface area contributed by atoms with Gasteiger partial charge in [0, 0.05) is 32.7 Å². The number of hydrogen-bond donors (Lipinski definition) is 2. The molecule has 0 bridgehead atoms. The van der Waals surface area contributed by atoms with Crippen LogP contribution < -0.4 is 5.32 Å². The molecule has 1 aliphatic heterocycles. The highest BCUT2D eigenvalue weighted by atomic mass is 16.3. The molecule has 0 aromatic heterocycles. The maximum atomic E-state index is 12.2. The van der Waals surface area contributed by atoms with Gasteiger partial charge in [0.15, 0.2) is 0 Å². The maximum Gasteiger partial charge on any atom is 0.317 e. The Kier molecular flexibility index (Phi) is 6.24. The van der Waals surface area contributed by atoms with Crippen molar-refractivity contribution >= 4 is 6.03 Å². The van der Waals surface area contributed by atoms with E-state index in [0.717, 1.165) is 32.5 Å². The number of carbonyl (C=O) groups is 1. The lowest BCUT2D eigenvalue weighted by atomic mass is 10.0. The SMILES string of the molecule is Cc1ccccc1CN1CCC(NC(=O)N(C)CC(C)(C)O)CC1. The third-order valence-corrected chi connectivity index (χ3v) is 4.54. The monoisotopic (exact) mass is 333 g/mol. The van der Waals surface area contributed by atoms with Gasteiger partial charge in [0.2, 0.25) is 0 Å².